The molecule has 0 aliphatic carbocycles. The lowest BCUT2D eigenvalue weighted by Crippen LogP contribution is -2.21. The van der Waals surface area contributed by atoms with Crippen LogP contribution in [0.3, 0.4) is 0 Å². The second-order valence-corrected chi connectivity index (χ2v) is 4.79. The first-order valence-corrected chi connectivity index (χ1v) is 6.69. The predicted molar refractivity (Wildman–Crippen MR) is 74.4 cm³/mol. The van der Waals surface area contributed by atoms with Gasteiger partial charge in [0.25, 0.3) is 0 Å². The maximum Gasteiger partial charge on any atom is 0.163 e. The number of benzene rings is 1. The largest absolute Gasteiger partial charge is 0.313 e. The van der Waals surface area contributed by atoms with Crippen molar-refractivity contribution >= 4 is 0 Å². The molecule has 1 aromatic heterocycles. The Hall–Kier alpha value is -1.75. The summed E-state index contributed by atoms with van der Waals surface area (Å²) in [5.74, 6) is -1.60. The van der Waals surface area contributed by atoms with Gasteiger partial charge in [-0.3, -0.25) is 4.68 Å². The maximum absolute atomic E-state index is 13.9. The van der Waals surface area contributed by atoms with Crippen molar-refractivity contribution in [3.05, 3.63) is 52.9 Å². The standard InChI is InChI=1S/C15H19F2N3/c1-4-10-8-11(20(3)19-10)9-14(18-2)12-6-5-7-13(16)15(12)17/h5-8,14,18H,4,9H2,1-3H3. The Kier molecular flexibility index (Phi) is 4.49. The summed E-state index contributed by atoms with van der Waals surface area (Å²) in [6.45, 7) is 2.04. The van der Waals surface area contributed by atoms with Crippen molar-refractivity contribution in [2.75, 3.05) is 7.05 Å². The van der Waals surface area contributed by atoms with Crippen LogP contribution < -0.4 is 5.32 Å². The van der Waals surface area contributed by atoms with Gasteiger partial charge in [-0.15, -0.1) is 0 Å². The number of nitrogens with zero attached hydrogens (tertiary/aromatic N) is 2. The van der Waals surface area contributed by atoms with Crippen molar-refractivity contribution in [2.45, 2.75) is 25.8 Å². The molecule has 0 saturated heterocycles. The Morgan fingerprint density at radius 3 is 2.70 bits per heavy atom. The smallest absolute Gasteiger partial charge is 0.163 e. The zero-order valence-corrected chi connectivity index (χ0v) is 12.0. The van der Waals surface area contributed by atoms with Gasteiger partial charge in [0, 0.05) is 30.8 Å². The van der Waals surface area contributed by atoms with Crippen LogP contribution in [0.15, 0.2) is 24.3 Å². The van der Waals surface area contributed by atoms with Crippen LogP contribution in [0.5, 0.6) is 0 Å². The summed E-state index contributed by atoms with van der Waals surface area (Å²) in [7, 11) is 3.61. The van der Waals surface area contributed by atoms with E-state index in [0.29, 0.717) is 12.0 Å². The summed E-state index contributed by atoms with van der Waals surface area (Å²) < 4.78 is 29.0. The molecule has 1 aromatic carbocycles. The van der Waals surface area contributed by atoms with Gasteiger partial charge in [0.1, 0.15) is 0 Å². The molecule has 0 radical (unpaired) electrons. The SMILES string of the molecule is CCc1cc(CC(NC)c2cccc(F)c2F)n(C)n1. The minimum Gasteiger partial charge on any atom is -0.313 e. The third-order valence-electron chi connectivity index (χ3n) is 3.51. The lowest BCUT2D eigenvalue weighted by Gasteiger charge is -2.17. The molecule has 108 valence electrons. The summed E-state index contributed by atoms with van der Waals surface area (Å²) in [6, 6.07) is 5.98. The molecule has 3 nitrogen and oxygen atoms in total. The average molecular weight is 279 g/mol. The van der Waals surface area contributed by atoms with Gasteiger partial charge in [-0.05, 0) is 25.6 Å². The molecule has 0 aliphatic rings. The van der Waals surface area contributed by atoms with E-state index in [-0.39, 0.29) is 6.04 Å². The van der Waals surface area contributed by atoms with E-state index in [2.05, 4.69) is 10.4 Å². The van der Waals surface area contributed by atoms with E-state index >= 15 is 0 Å². The van der Waals surface area contributed by atoms with E-state index < -0.39 is 11.6 Å². The summed E-state index contributed by atoms with van der Waals surface area (Å²) in [4.78, 5) is 0. The highest BCUT2D eigenvalue weighted by atomic mass is 19.2. The first-order chi connectivity index (χ1) is 9.56. The molecular formula is C15H19F2N3. The minimum absolute atomic E-state index is 0.286. The lowest BCUT2D eigenvalue weighted by molar-refractivity contribution is 0.469. The van der Waals surface area contributed by atoms with Crippen LogP contribution in [0.25, 0.3) is 0 Å². The van der Waals surface area contributed by atoms with E-state index in [9.17, 15) is 8.78 Å². The highest BCUT2D eigenvalue weighted by Crippen LogP contribution is 2.23. The molecule has 2 rings (SSSR count). The van der Waals surface area contributed by atoms with Gasteiger partial charge in [-0.2, -0.15) is 5.10 Å². The third-order valence-corrected chi connectivity index (χ3v) is 3.51. The topological polar surface area (TPSA) is 29.9 Å². The summed E-state index contributed by atoms with van der Waals surface area (Å²) in [5.41, 5.74) is 2.33. The lowest BCUT2D eigenvalue weighted by atomic mass is 10.0. The Morgan fingerprint density at radius 2 is 2.10 bits per heavy atom. The monoisotopic (exact) mass is 279 g/mol. The van der Waals surface area contributed by atoms with E-state index in [1.807, 2.05) is 20.0 Å². The number of halogens is 2. The highest BCUT2D eigenvalue weighted by Gasteiger charge is 2.18. The van der Waals surface area contributed by atoms with Gasteiger partial charge >= 0.3 is 0 Å². The predicted octanol–water partition coefficient (Wildman–Crippen LogP) is 2.76. The Balaban J connectivity index is 2.28. The molecule has 20 heavy (non-hydrogen) atoms. The second-order valence-electron chi connectivity index (χ2n) is 4.79. The third kappa shape index (κ3) is 2.88. The number of nitrogens with one attached hydrogen (secondary N) is 1. The molecule has 5 heteroatoms. The molecule has 1 atom stereocenters. The molecule has 1 unspecified atom stereocenters. The van der Waals surface area contributed by atoms with E-state index in [1.165, 1.54) is 6.07 Å². The molecule has 0 fully saturated rings. The maximum atomic E-state index is 13.9. The van der Waals surface area contributed by atoms with Crippen molar-refractivity contribution in [3.63, 3.8) is 0 Å². The Morgan fingerprint density at radius 1 is 1.35 bits per heavy atom. The van der Waals surface area contributed by atoms with Gasteiger partial charge in [-0.1, -0.05) is 19.1 Å². The fourth-order valence-electron chi connectivity index (χ4n) is 2.30. The molecule has 2 aromatic rings. The van der Waals surface area contributed by atoms with Gasteiger partial charge in [0.05, 0.1) is 5.69 Å². The molecule has 0 amide bonds. The molecule has 0 aliphatic heterocycles. The van der Waals surface area contributed by atoms with Crippen molar-refractivity contribution in [3.8, 4) is 0 Å². The van der Waals surface area contributed by atoms with Crippen molar-refractivity contribution < 1.29 is 8.78 Å². The van der Waals surface area contributed by atoms with Crippen LogP contribution in [0, 0.1) is 11.6 Å². The number of rotatable bonds is 5. The molecule has 1 N–H and O–H groups in total. The van der Waals surface area contributed by atoms with Crippen molar-refractivity contribution in [1.29, 1.82) is 0 Å². The van der Waals surface area contributed by atoms with Crippen LogP contribution >= 0.6 is 0 Å². The molecule has 0 saturated carbocycles. The van der Waals surface area contributed by atoms with Gasteiger partial charge in [0.15, 0.2) is 11.6 Å². The Bertz CT molecular complexity index is 593. The van der Waals surface area contributed by atoms with Crippen molar-refractivity contribution in [1.82, 2.24) is 15.1 Å². The van der Waals surface area contributed by atoms with Crippen molar-refractivity contribution in [2.24, 2.45) is 7.05 Å². The Labute approximate surface area is 117 Å². The average Bonchev–Trinajstić information content (AvgIpc) is 2.80. The molecule has 0 bridgehead atoms. The van der Waals surface area contributed by atoms with E-state index in [1.54, 1.807) is 17.8 Å². The first kappa shape index (κ1) is 14.7. The van der Waals surface area contributed by atoms with Gasteiger partial charge < -0.3 is 5.32 Å². The summed E-state index contributed by atoms with van der Waals surface area (Å²) in [6.07, 6.45) is 1.41. The van der Waals surface area contributed by atoms with Crippen LogP contribution in [0.2, 0.25) is 0 Å². The quantitative estimate of drug-likeness (QED) is 0.912. The summed E-state index contributed by atoms with van der Waals surface area (Å²) in [5, 5.41) is 7.41. The number of likely N-dealkylation sites (N-methyl/N-ethyl adjacent to an activating group) is 1. The zero-order valence-electron chi connectivity index (χ0n) is 12.0. The first-order valence-electron chi connectivity index (χ1n) is 6.69. The molecule has 0 spiro atoms. The van der Waals surface area contributed by atoms with Gasteiger partial charge in [-0.25, -0.2) is 8.78 Å². The van der Waals surface area contributed by atoms with Crippen LogP contribution in [-0.2, 0) is 19.9 Å². The highest BCUT2D eigenvalue weighted by molar-refractivity contribution is 5.24. The van der Waals surface area contributed by atoms with Gasteiger partial charge in [0.2, 0.25) is 0 Å². The van der Waals surface area contributed by atoms with Crippen LogP contribution in [-0.4, -0.2) is 16.8 Å². The molecule has 1 heterocycles. The van der Waals surface area contributed by atoms with Crippen LogP contribution in [0.4, 0.5) is 8.78 Å². The van der Waals surface area contributed by atoms with E-state index in [4.69, 9.17) is 0 Å². The number of hydrogen-bond acceptors (Lipinski definition) is 2. The summed E-state index contributed by atoms with van der Waals surface area (Å²) >= 11 is 0. The fraction of sp³-hybridized carbons (Fsp3) is 0.400. The normalized spacial score (nSPS) is 12.7. The number of hydrogen-bond donors (Lipinski definition) is 1. The second kappa shape index (κ2) is 6.13. The number of aromatic nitrogens is 2. The van der Waals surface area contributed by atoms with E-state index in [0.717, 1.165) is 23.9 Å². The fourth-order valence-corrected chi connectivity index (χ4v) is 2.30. The van der Waals surface area contributed by atoms with Crippen LogP contribution in [0.1, 0.15) is 29.9 Å². The molecular weight excluding hydrogens is 260 g/mol. The zero-order chi connectivity index (χ0) is 14.7. The minimum atomic E-state index is -0.818. The number of aryl methyl sites for hydroxylation is 2.